The van der Waals surface area contributed by atoms with Crippen LogP contribution in [0.25, 0.3) is 0 Å². The van der Waals surface area contributed by atoms with E-state index in [0.29, 0.717) is 19.4 Å². The van der Waals surface area contributed by atoms with E-state index < -0.39 is 0 Å². The fraction of sp³-hybridized carbons (Fsp3) is 0.263. The van der Waals surface area contributed by atoms with Crippen LogP contribution in [0.3, 0.4) is 0 Å². The number of nitrogens with one attached hydrogen (secondary N) is 3. The van der Waals surface area contributed by atoms with Crippen LogP contribution < -0.4 is 16.0 Å². The van der Waals surface area contributed by atoms with Gasteiger partial charge in [-0.2, -0.15) is 0 Å². The number of anilines is 2. The number of hydrogen-bond acceptors (Lipinski definition) is 3. The number of amides is 2. The van der Waals surface area contributed by atoms with Crippen molar-refractivity contribution in [1.82, 2.24) is 5.32 Å². The number of halogens is 1. The lowest BCUT2D eigenvalue weighted by atomic mass is 9.95. The van der Waals surface area contributed by atoms with Gasteiger partial charge < -0.3 is 16.0 Å². The van der Waals surface area contributed by atoms with Crippen molar-refractivity contribution in [1.29, 1.82) is 0 Å². The molecule has 3 rings (SSSR count). The largest absolute Gasteiger partial charge is 0.326 e. The predicted molar refractivity (Wildman–Crippen MR) is 102 cm³/mol. The van der Waals surface area contributed by atoms with Crippen molar-refractivity contribution >= 4 is 35.6 Å². The van der Waals surface area contributed by atoms with Gasteiger partial charge in [0.25, 0.3) is 0 Å². The Balaban J connectivity index is 0.00000225. The first-order chi connectivity index (χ1) is 11.7. The minimum atomic E-state index is -0.237. The molecule has 0 aliphatic carbocycles. The summed E-state index contributed by atoms with van der Waals surface area (Å²) < 4.78 is 0. The van der Waals surface area contributed by atoms with Gasteiger partial charge in [0.15, 0.2) is 0 Å². The van der Waals surface area contributed by atoms with Gasteiger partial charge in [0.05, 0.1) is 6.04 Å². The van der Waals surface area contributed by atoms with Crippen LogP contribution in [-0.4, -0.2) is 17.9 Å². The quantitative estimate of drug-likeness (QED) is 0.785. The summed E-state index contributed by atoms with van der Waals surface area (Å²) in [4.78, 5) is 23.8. The molecular weight excluding hydrogens is 338 g/mol. The van der Waals surface area contributed by atoms with Crippen molar-refractivity contribution in [2.24, 2.45) is 0 Å². The van der Waals surface area contributed by atoms with E-state index in [2.05, 4.69) is 28.1 Å². The van der Waals surface area contributed by atoms with Gasteiger partial charge in [-0.05, 0) is 41.8 Å². The third-order valence-electron chi connectivity index (χ3n) is 4.16. The normalized spacial score (nSPS) is 15.5. The smallest absolute Gasteiger partial charge is 0.241 e. The van der Waals surface area contributed by atoms with Crippen LogP contribution in [0.1, 0.15) is 24.5 Å². The van der Waals surface area contributed by atoms with Gasteiger partial charge in [-0.15, -0.1) is 12.4 Å². The Hall–Kier alpha value is -2.37. The highest BCUT2D eigenvalue weighted by atomic mass is 35.5. The maximum absolute atomic E-state index is 12.4. The van der Waals surface area contributed by atoms with Crippen molar-refractivity contribution in [3.8, 4) is 0 Å². The fourth-order valence-electron chi connectivity index (χ4n) is 2.76. The molecular formula is C19H22ClN3O2. The highest BCUT2D eigenvalue weighted by molar-refractivity contribution is 5.96. The van der Waals surface area contributed by atoms with Gasteiger partial charge in [-0.25, -0.2) is 0 Å². The second-order valence-corrected chi connectivity index (χ2v) is 5.87. The van der Waals surface area contributed by atoms with Crippen LogP contribution in [0.15, 0.2) is 48.5 Å². The molecule has 1 aliphatic heterocycles. The first-order valence-electron chi connectivity index (χ1n) is 8.16. The molecule has 5 nitrogen and oxygen atoms in total. The highest BCUT2D eigenvalue weighted by Gasteiger charge is 2.23. The van der Waals surface area contributed by atoms with E-state index in [0.717, 1.165) is 11.4 Å². The van der Waals surface area contributed by atoms with Gasteiger partial charge >= 0.3 is 0 Å². The molecule has 3 N–H and O–H groups in total. The number of carbonyl (C=O) groups is 2. The molecule has 132 valence electrons. The number of benzene rings is 2. The lowest BCUT2D eigenvalue weighted by Gasteiger charge is -2.25. The molecule has 1 aliphatic rings. The zero-order chi connectivity index (χ0) is 16.9. The Kier molecular flexibility index (Phi) is 6.56. The van der Waals surface area contributed by atoms with E-state index in [1.165, 1.54) is 11.1 Å². The monoisotopic (exact) mass is 359 g/mol. The molecule has 1 unspecified atom stereocenters. The lowest BCUT2D eigenvalue weighted by molar-refractivity contribution is -0.118. The summed E-state index contributed by atoms with van der Waals surface area (Å²) in [6.07, 6.45) is 1.12. The van der Waals surface area contributed by atoms with Gasteiger partial charge in [-0.3, -0.25) is 9.59 Å². The van der Waals surface area contributed by atoms with Crippen molar-refractivity contribution in [2.75, 3.05) is 10.6 Å². The summed E-state index contributed by atoms with van der Waals surface area (Å²) >= 11 is 0. The summed E-state index contributed by atoms with van der Waals surface area (Å²) in [5.74, 6) is -0.0771. The molecule has 6 heteroatoms. The third kappa shape index (κ3) is 4.81. The minimum Gasteiger partial charge on any atom is -0.326 e. The first-order valence-corrected chi connectivity index (χ1v) is 8.16. The molecule has 1 atom stereocenters. The molecule has 0 fully saturated rings. The molecule has 0 spiro atoms. The average molecular weight is 360 g/mol. The van der Waals surface area contributed by atoms with E-state index in [-0.39, 0.29) is 30.3 Å². The fourth-order valence-corrected chi connectivity index (χ4v) is 2.76. The van der Waals surface area contributed by atoms with Crippen LogP contribution in [0.4, 0.5) is 11.4 Å². The Morgan fingerprint density at radius 1 is 1.00 bits per heavy atom. The summed E-state index contributed by atoms with van der Waals surface area (Å²) in [5.41, 5.74) is 3.91. The Bertz CT molecular complexity index is 747. The van der Waals surface area contributed by atoms with E-state index in [1.54, 1.807) is 31.2 Å². The summed E-state index contributed by atoms with van der Waals surface area (Å²) in [5, 5.41) is 8.98. The topological polar surface area (TPSA) is 70.2 Å². The van der Waals surface area contributed by atoms with Crippen LogP contribution in [0, 0.1) is 0 Å². The minimum absolute atomic E-state index is 0. The van der Waals surface area contributed by atoms with Crippen LogP contribution in [0.2, 0.25) is 0 Å². The zero-order valence-electron chi connectivity index (χ0n) is 14.0. The SMILES string of the molecule is CCC(=O)Nc1ccc(NC(=O)C2Cc3ccccc3CN2)cc1.Cl. The lowest BCUT2D eigenvalue weighted by Crippen LogP contribution is -2.44. The van der Waals surface area contributed by atoms with Crippen molar-refractivity contribution < 1.29 is 9.59 Å². The number of fused-ring (bicyclic) bond motifs is 1. The number of rotatable bonds is 4. The van der Waals surface area contributed by atoms with Crippen molar-refractivity contribution in [2.45, 2.75) is 32.4 Å². The van der Waals surface area contributed by atoms with Gasteiger partial charge in [0, 0.05) is 24.3 Å². The molecule has 0 radical (unpaired) electrons. The van der Waals surface area contributed by atoms with E-state index >= 15 is 0 Å². The van der Waals surface area contributed by atoms with Gasteiger partial charge in [0.2, 0.25) is 11.8 Å². The summed E-state index contributed by atoms with van der Waals surface area (Å²) in [6, 6.07) is 15.1. The summed E-state index contributed by atoms with van der Waals surface area (Å²) in [6.45, 7) is 2.51. The molecule has 2 amide bonds. The molecule has 0 bridgehead atoms. The second-order valence-electron chi connectivity index (χ2n) is 5.87. The maximum Gasteiger partial charge on any atom is 0.241 e. The highest BCUT2D eigenvalue weighted by Crippen LogP contribution is 2.18. The maximum atomic E-state index is 12.4. The molecule has 2 aromatic carbocycles. The van der Waals surface area contributed by atoms with Gasteiger partial charge in [0.1, 0.15) is 0 Å². The Morgan fingerprint density at radius 3 is 2.24 bits per heavy atom. The van der Waals surface area contributed by atoms with E-state index in [9.17, 15) is 9.59 Å². The van der Waals surface area contributed by atoms with Crippen molar-refractivity contribution in [3.05, 3.63) is 59.7 Å². The third-order valence-corrected chi connectivity index (χ3v) is 4.16. The first kappa shape index (κ1) is 19.0. The summed E-state index contributed by atoms with van der Waals surface area (Å²) in [7, 11) is 0. The molecule has 0 saturated heterocycles. The molecule has 25 heavy (non-hydrogen) atoms. The van der Waals surface area contributed by atoms with Crippen LogP contribution in [0.5, 0.6) is 0 Å². The second kappa shape index (κ2) is 8.65. The average Bonchev–Trinajstić information content (AvgIpc) is 2.62. The molecule has 1 heterocycles. The zero-order valence-corrected chi connectivity index (χ0v) is 14.9. The standard InChI is InChI=1S/C19H21N3O2.ClH/c1-2-18(23)21-15-7-9-16(10-8-15)22-19(24)17-11-13-5-3-4-6-14(13)12-20-17;/h3-10,17,20H,2,11-12H2,1H3,(H,21,23)(H,22,24);1H. The molecule has 0 aromatic heterocycles. The predicted octanol–water partition coefficient (Wildman–Crippen LogP) is 3.11. The van der Waals surface area contributed by atoms with E-state index in [4.69, 9.17) is 0 Å². The van der Waals surface area contributed by atoms with Crippen molar-refractivity contribution in [3.63, 3.8) is 0 Å². The van der Waals surface area contributed by atoms with Crippen LogP contribution >= 0.6 is 12.4 Å². The molecule has 2 aromatic rings. The van der Waals surface area contributed by atoms with Gasteiger partial charge in [-0.1, -0.05) is 31.2 Å². The number of carbonyl (C=O) groups excluding carboxylic acids is 2. The Labute approximate surface area is 153 Å². The van der Waals surface area contributed by atoms with Crippen LogP contribution in [-0.2, 0) is 22.6 Å². The number of hydrogen-bond donors (Lipinski definition) is 3. The Morgan fingerprint density at radius 2 is 1.60 bits per heavy atom. The molecule has 0 saturated carbocycles. The van der Waals surface area contributed by atoms with E-state index in [1.807, 2.05) is 12.1 Å².